The van der Waals surface area contributed by atoms with Crippen LogP contribution in [0.25, 0.3) is 0 Å². The number of aromatic nitrogens is 3. The number of H-pyrrole nitrogens is 1. The second kappa shape index (κ2) is 7.25. The monoisotopic (exact) mass is 318 g/mol. The third kappa shape index (κ3) is 3.99. The van der Waals surface area contributed by atoms with Crippen molar-refractivity contribution in [2.45, 2.75) is 58.0 Å². The van der Waals surface area contributed by atoms with E-state index in [4.69, 9.17) is 4.74 Å². The first-order valence-corrected chi connectivity index (χ1v) is 8.63. The van der Waals surface area contributed by atoms with E-state index in [0.717, 1.165) is 24.5 Å². The minimum Gasteiger partial charge on any atom is -0.367 e. The molecule has 1 aliphatic carbocycles. The minimum atomic E-state index is -0.201. The number of nitrogens with zero attached hydrogens (tertiary/aromatic N) is 3. The number of hydrogen-bond acceptors (Lipinski definition) is 4. The van der Waals surface area contributed by atoms with Gasteiger partial charge >= 0.3 is 0 Å². The van der Waals surface area contributed by atoms with Crippen LogP contribution in [0.2, 0.25) is 0 Å². The average molecular weight is 318 g/mol. The van der Waals surface area contributed by atoms with Gasteiger partial charge in [0.25, 0.3) is 0 Å². The lowest BCUT2D eigenvalue weighted by atomic mass is 9.97. The first-order chi connectivity index (χ1) is 11.1. The molecule has 2 aliphatic rings. The van der Waals surface area contributed by atoms with Crippen LogP contribution in [0.4, 0.5) is 0 Å². The molecule has 1 fully saturated rings. The van der Waals surface area contributed by atoms with Gasteiger partial charge in [-0.1, -0.05) is 25.5 Å². The molecule has 0 spiro atoms. The van der Waals surface area contributed by atoms with Crippen molar-refractivity contribution >= 4 is 5.91 Å². The molecular weight excluding hydrogens is 292 g/mol. The van der Waals surface area contributed by atoms with Gasteiger partial charge in [0.15, 0.2) is 11.6 Å². The highest BCUT2D eigenvalue weighted by atomic mass is 16.5. The Balaban J connectivity index is 1.60. The van der Waals surface area contributed by atoms with Gasteiger partial charge in [0, 0.05) is 18.9 Å². The zero-order valence-electron chi connectivity index (χ0n) is 14.0. The van der Waals surface area contributed by atoms with Crippen molar-refractivity contribution in [3.63, 3.8) is 0 Å². The fourth-order valence-electron chi connectivity index (χ4n) is 3.10. The van der Waals surface area contributed by atoms with Crippen molar-refractivity contribution in [1.29, 1.82) is 0 Å². The number of nitrogens with one attached hydrogen (secondary N) is 1. The van der Waals surface area contributed by atoms with E-state index >= 15 is 0 Å². The van der Waals surface area contributed by atoms with Gasteiger partial charge in [-0.3, -0.25) is 9.89 Å². The summed E-state index contributed by atoms with van der Waals surface area (Å²) in [4.78, 5) is 18.9. The van der Waals surface area contributed by atoms with Crippen LogP contribution in [-0.2, 0) is 9.53 Å². The van der Waals surface area contributed by atoms with E-state index in [1.54, 1.807) is 0 Å². The Bertz CT molecular complexity index is 579. The molecule has 1 N–H and O–H groups in total. The fourth-order valence-corrected chi connectivity index (χ4v) is 3.10. The van der Waals surface area contributed by atoms with Crippen molar-refractivity contribution in [1.82, 2.24) is 20.1 Å². The molecule has 3 rings (SSSR count). The number of hydrogen-bond donors (Lipinski definition) is 1. The summed E-state index contributed by atoms with van der Waals surface area (Å²) >= 11 is 0. The summed E-state index contributed by atoms with van der Waals surface area (Å²) in [5.41, 5.74) is 1.30. The molecule has 6 nitrogen and oxygen atoms in total. The predicted molar refractivity (Wildman–Crippen MR) is 86.9 cm³/mol. The summed E-state index contributed by atoms with van der Waals surface area (Å²) in [6.45, 7) is 5.88. The first kappa shape index (κ1) is 16.2. The molecule has 1 unspecified atom stereocenters. The third-order valence-corrected chi connectivity index (χ3v) is 4.52. The van der Waals surface area contributed by atoms with Crippen molar-refractivity contribution in [2.75, 3.05) is 19.7 Å². The van der Waals surface area contributed by atoms with Crippen LogP contribution in [0.1, 0.15) is 69.6 Å². The third-order valence-electron chi connectivity index (χ3n) is 4.52. The number of rotatable bonds is 4. The normalized spacial score (nSPS) is 22.3. The van der Waals surface area contributed by atoms with Crippen LogP contribution < -0.4 is 0 Å². The van der Waals surface area contributed by atoms with Crippen molar-refractivity contribution in [2.24, 2.45) is 0 Å². The van der Waals surface area contributed by atoms with Gasteiger partial charge in [-0.15, -0.1) is 0 Å². The highest BCUT2D eigenvalue weighted by Gasteiger charge is 2.28. The lowest BCUT2D eigenvalue weighted by Crippen LogP contribution is -2.42. The van der Waals surface area contributed by atoms with Crippen LogP contribution in [0.3, 0.4) is 0 Å². The topological polar surface area (TPSA) is 71.1 Å². The maximum atomic E-state index is 12.5. The summed E-state index contributed by atoms with van der Waals surface area (Å²) in [5, 5.41) is 7.19. The van der Waals surface area contributed by atoms with E-state index in [9.17, 15) is 4.79 Å². The molecule has 1 aliphatic heterocycles. The van der Waals surface area contributed by atoms with Crippen LogP contribution in [0.15, 0.2) is 11.6 Å². The number of morpholine rings is 1. The Hall–Kier alpha value is -1.69. The summed E-state index contributed by atoms with van der Waals surface area (Å²) in [6.07, 6.45) is 7.24. The number of amides is 1. The van der Waals surface area contributed by atoms with Gasteiger partial charge < -0.3 is 9.64 Å². The maximum absolute atomic E-state index is 12.5. The average Bonchev–Trinajstić information content (AvgIpc) is 3.06. The summed E-state index contributed by atoms with van der Waals surface area (Å²) < 4.78 is 5.79. The molecule has 1 atom stereocenters. The molecule has 0 aromatic carbocycles. The summed E-state index contributed by atoms with van der Waals surface area (Å²) in [6, 6.07) is 0. The molecule has 1 amide bonds. The molecule has 2 heterocycles. The van der Waals surface area contributed by atoms with Crippen LogP contribution in [-0.4, -0.2) is 45.7 Å². The van der Waals surface area contributed by atoms with Crippen molar-refractivity contribution < 1.29 is 9.53 Å². The SMILES string of the molecule is CC(C)c1n[nH]c(C2CN(C(=O)CC3=CCCCC3)CCO2)n1. The zero-order valence-corrected chi connectivity index (χ0v) is 14.0. The second-order valence-corrected chi connectivity index (χ2v) is 6.72. The molecule has 0 radical (unpaired) electrons. The lowest BCUT2D eigenvalue weighted by Gasteiger charge is -2.32. The Morgan fingerprint density at radius 2 is 2.35 bits per heavy atom. The summed E-state index contributed by atoms with van der Waals surface area (Å²) in [5.74, 6) is 2.00. The van der Waals surface area contributed by atoms with Crippen molar-refractivity contribution in [3.05, 3.63) is 23.3 Å². The number of ether oxygens (including phenoxy) is 1. The molecule has 126 valence electrons. The van der Waals surface area contributed by atoms with Gasteiger partial charge in [-0.2, -0.15) is 5.10 Å². The van der Waals surface area contributed by atoms with Crippen LogP contribution in [0.5, 0.6) is 0 Å². The number of allylic oxidation sites excluding steroid dienone is 1. The lowest BCUT2D eigenvalue weighted by molar-refractivity contribution is -0.138. The van der Waals surface area contributed by atoms with Crippen molar-refractivity contribution in [3.8, 4) is 0 Å². The van der Waals surface area contributed by atoms with E-state index in [1.807, 2.05) is 4.90 Å². The van der Waals surface area contributed by atoms with Gasteiger partial charge in [0.05, 0.1) is 13.2 Å². The highest BCUT2D eigenvalue weighted by Crippen LogP contribution is 2.24. The smallest absolute Gasteiger partial charge is 0.226 e. The van der Waals surface area contributed by atoms with Gasteiger partial charge in [-0.25, -0.2) is 4.98 Å². The molecule has 1 saturated heterocycles. The number of carbonyl (C=O) groups excluding carboxylic acids is 1. The molecular formula is C17H26N4O2. The fraction of sp³-hybridized carbons (Fsp3) is 0.706. The van der Waals surface area contributed by atoms with Gasteiger partial charge in [0.1, 0.15) is 6.10 Å². The second-order valence-electron chi connectivity index (χ2n) is 6.72. The quantitative estimate of drug-likeness (QED) is 0.867. The Morgan fingerprint density at radius 1 is 1.48 bits per heavy atom. The van der Waals surface area contributed by atoms with E-state index in [2.05, 4.69) is 35.1 Å². The van der Waals surface area contributed by atoms with E-state index in [0.29, 0.717) is 26.1 Å². The highest BCUT2D eigenvalue weighted by molar-refractivity contribution is 5.78. The largest absolute Gasteiger partial charge is 0.367 e. The Kier molecular flexibility index (Phi) is 5.10. The van der Waals surface area contributed by atoms with E-state index in [-0.39, 0.29) is 17.9 Å². The molecule has 23 heavy (non-hydrogen) atoms. The van der Waals surface area contributed by atoms with E-state index in [1.165, 1.54) is 18.4 Å². The number of carbonyl (C=O) groups is 1. The zero-order chi connectivity index (χ0) is 16.2. The van der Waals surface area contributed by atoms with Gasteiger partial charge in [0.2, 0.25) is 5.91 Å². The first-order valence-electron chi connectivity index (χ1n) is 8.63. The Morgan fingerprint density at radius 3 is 3.04 bits per heavy atom. The molecule has 6 heteroatoms. The maximum Gasteiger partial charge on any atom is 0.226 e. The van der Waals surface area contributed by atoms with Crippen LogP contribution in [0, 0.1) is 0 Å². The molecule has 0 bridgehead atoms. The molecule has 1 aromatic rings. The minimum absolute atomic E-state index is 0.201. The van der Waals surface area contributed by atoms with E-state index < -0.39 is 0 Å². The summed E-state index contributed by atoms with van der Waals surface area (Å²) in [7, 11) is 0. The molecule has 1 aromatic heterocycles. The van der Waals surface area contributed by atoms with Crippen LogP contribution >= 0.6 is 0 Å². The van der Waals surface area contributed by atoms with Gasteiger partial charge in [-0.05, 0) is 25.7 Å². The number of aromatic amines is 1. The molecule has 0 saturated carbocycles. The predicted octanol–water partition coefficient (Wildman–Crippen LogP) is 2.72. The standard InChI is InChI=1S/C17H26N4O2/c1-12(2)16-18-17(20-19-16)14-11-21(8-9-23-14)15(22)10-13-6-4-3-5-7-13/h6,12,14H,3-5,7-11H2,1-2H3,(H,18,19,20). The Labute approximate surface area is 137 Å².